The Labute approximate surface area is 104 Å². The quantitative estimate of drug-likeness (QED) is 0.766. The minimum Gasteiger partial charge on any atom is -0.261 e. The Bertz CT molecular complexity index is 445. The molecule has 0 amide bonds. The van der Waals surface area contributed by atoms with Crippen LogP contribution in [0.5, 0.6) is 0 Å². The van der Waals surface area contributed by atoms with Crippen molar-refractivity contribution in [3.05, 3.63) is 65.5 Å². The zero-order chi connectivity index (χ0) is 12.1. The van der Waals surface area contributed by atoms with E-state index in [1.54, 1.807) is 0 Å². The highest BCUT2D eigenvalue weighted by atomic mass is 14.7. The third-order valence-corrected chi connectivity index (χ3v) is 3.18. The Kier molecular flexibility index (Phi) is 3.92. The van der Waals surface area contributed by atoms with Crippen LogP contribution in [0.25, 0.3) is 0 Å². The molecule has 0 aliphatic carbocycles. The molecule has 0 aliphatic rings. The number of aromatic nitrogens is 1. The summed E-state index contributed by atoms with van der Waals surface area (Å²) in [6, 6.07) is 15.0. The Hall–Kier alpha value is -1.63. The first-order valence-electron chi connectivity index (χ1n) is 6.28. The smallest absolute Gasteiger partial charge is 0.0409 e. The summed E-state index contributed by atoms with van der Waals surface area (Å²) in [4.78, 5) is 4.52. The van der Waals surface area contributed by atoms with E-state index in [2.05, 4.69) is 61.3 Å². The van der Waals surface area contributed by atoms with Crippen LogP contribution in [0.4, 0.5) is 0 Å². The third-order valence-electron chi connectivity index (χ3n) is 3.18. The zero-order valence-electron chi connectivity index (χ0n) is 10.6. The van der Waals surface area contributed by atoms with Crippen LogP contribution in [0.3, 0.4) is 0 Å². The van der Waals surface area contributed by atoms with Gasteiger partial charge in [0, 0.05) is 11.9 Å². The molecule has 0 fully saturated rings. The van der Waals surface area contributed by atoms with E-state index < -0.39 is 0 Å². The third kappa shape index (κ3) is 3.16. The van der Waals surface area contributed by atoms with Gasteiger partial charge >= 0.3 is 0 Å². The number of rotatable bonds is 4. The van der Waals surface area contributed by atoms with Crippen molar-refractivity contribution in [3.8, 4) is 0 Å². The van der Waals surface area contributed by atoms with Gasteiger partial charge in [-0.2, -0.15) is 0 Å². The summed E-state index contributed by atoms with van der Waals surface area (Å²) < 4.78 is 0. The lowest BCUT2D eigenvalue weighted by molar-refractivity contribution is 0.739. The second-order valence-electron chi connectivity index (χ2n) is 4.53. The molecule has 0 saturated heterocycles. The molecule has 1 aromatic heterocycles. The monoisotopic (exact) mass is 225 g/mol. The number of hydrogen-bond acceptors (Lipinski definition) is 1. The first-order chi connectivity index (χ1) is 8.29. The van der Waals surface area contributed by atoms with Crippen LogP contribution >= 0.6 is 0 Å². The van der Waals surface area contributed by atoms with Gasteiger partial charge in [0.1, 0.15) is 0 Å². The first-order valence-corrected chi connectivity index (χ1v) is 6.28. The summed E-state index contributed by atoms with van der Waals surface area (Å²) in [5.74, 6) is 0.524. The van der Waals surface area contributed by atoms with Gasteiger partial charge in [0.15, 0.2) is 0 Å². The average molecular weight is 225 g/mol. The molecule has 17 heavy (non-hydrogen) atoms. The van der Waals surface area contributed by atoms with Crippen molar-refractivity contribution < 1.29 is 0 Å². The molecule has 1 aromatic carbocycles. The second-order valence-corrected chi connectivity index (χ2v) is 4.53. The molecule has 0 bridgehead atoms. The van der Waals surface area contributed by atoms with Crippen molar-refractivity contribution in [2.24, 2.45) is 0 Å². The van der Waals surface area contributed by atoms with Crippen LogP contribution in [-0.2, 0) is 12.8 Å². The molecule has 88 valence electrons. The van der Waals surface area contributed by atoms with Crippen LogP contribution in [0.2, 0.25) is 0 Å². The number of pyridine rings is 1. The van der Waals surface area contributed by atoms with E-state index in [4.69, 9.17) is 0 Å². The highest BCUT2D eigenvalue weighted by molar-refractivity contribution is 5.22. The fourth-order valence-electron chi connectivity index (χ4n) is 2.00. The Morgan fingerprint density at radius 3 is 2.41 bits per heavy atom. The summed E-state index contributed by atoms with van der Waals surface area (Å²) in [5, 5.41) is 0. The minimum absolute atomic E-state index is 0.524. The maximum Gasteiger partial charge on any atom is 0.0409 e. The molecular formula is C16H19N. The van der Waals surface area contributed by atoms with Crippen molar-refractivity contribution >= 4 is 0 Å². The standard InChI is InChI=1S/C16H19N/c1-3-14-9-10-16(17-12-14)11-13(2)15-7-5-4-6-8-15/h4-10,12-13H,3,11H2,1-2H3. The van der Waals surface area contributed by atoms with Crippen molar-refractivity contribution in [1.82, 2.24) is 4.98 Å². The van der Waals surface area contributed by atoms with E-state index in [0.717, 1.165) is 12.8 Å². The molecule has 2 rings (SSSR count). The summed E-state index contributed by atoms with van der Waals surface area (Å²) in [5.41, 5.74) is 3.87. The topological polar surface area (TPSA) is 12.9 Å². The highest BCUT2D eigenvalue weighted by Gasteiger charge is 2.06. The predicted octanol–water partition coefficient (Wildman–Crippen LogP) is 3.99. The van der Waals surface area contributed by atoms with Gasteiger partial charge in [-0.15, -0.1) is 0 Å². The predicted molar refractivity (Wildman–Crippen MR) is 72.2 cm³/mol. The fraction of sp³-hybridized carbons (Fsp3) is 0.312. The van der Waals surface area contributed by atoms with E-state index >= 15 is 0 Å². The molecule has 1 atom stereocenters. The van der Waals surface area contributed by atoms with Gasteiger partial charge in [-0.05, 0) is 36.0 Å². The molecule has 1 heterocycles. The number of aryl methyl sites for hydroxylation is 1. The van der Waals surface area contributed by atoms with Gasteiger partial charge in [0.25, 0.3) is 0 Å². The number of nitrogens with zero attached hydrogens (tertiary/aromatic N) is 1. The summed E-state index contributed by atoms with van der Waals surface area (Å²) >= 11 is 0. The molecule has 0 N–H and O–H groups in total. The maximum atomic E-state index is 4.52. The van der Waals surface area contributed by atoms with E-state index in [0.29, 0.717) is 5.92 Å². The van der Waals surface area contributed by atoms with Gasteiger partial charge in [0.05, 0.1) is 0 Å². The number of benzene rings is 1. The van der Waals surface area contributed by atoms with E-state index in [-0.39, 0.29) is 0 Å². The molecule has 1 nitrogen and oxygen atoms in total. The molecule has 0 saturated carbocycles. The normalized spacial score (nSPS) is 12.4. The largest absolute Gasteiger partial charge is 0.261 e. The molecule has 1 unspecified atom stereocenters. The highest BCUT2D eigenvalue weighted by Crippen LogP contribution is 2.19. The molecular weight excluding hydrogens is 206 g/mol. The Morgan fingerprint density at radius 1 is 1.06 bits per heavy atom. The average Bonchev–Trinajstić information content (AvgIpc) is 2.40. The molecule has 0 aliphatic heterocycles. The van der Waals surface area contributed by atoms with Crippen LogP contribution < -0.4 is 0 Å². The first kappa shape index (κ1) is 11.8. The molecule has 2 aromatic rings. The molecule has 0 radical (unpaired) electrons. The minimum atomic E-state index is 0.524. The number of hydrogen-bond donors (Lipinski definition) is 0. The molecule has 1 heteroatoms. The van der Waals surface area contributed by atoms with Gasteiger partial charge < -0.3 is 0 Å². The zero-order valence-corrected chi connectivity index (χ0v) is 10.6. The van der Waals surface area contributed by atoms with Crippen LogP contribution in [0.15, 0.2) is 48.7 Å². The lowest BCUT2D eigenvalue weighted by Crippen LogP contribution is -2.00. The van der Waals surface area contributed by atoms with Crippen LogP contribution in [0, 0.1) is 0 Å². The van der Waals surface area contributed by atoms with Crippen molar-refractivity contribution in [1.29, 1.82) is 0 Å². The van der Waals surface area contributed by atoms with Crippen LogP contribution in [0.1, 0.15) is 36.6 Å². The van der Waals surface area contributed by atoms with Crippen molar-refractivity contribution in [2.45, 2.75) is 32.6 Å². The SMILES string of the molecule is CCc1ccc(CC(C)c2ccccc2)nc1. The van der Waals surface area contributed by atoms with Crippen molar-refractivity contribution in [3.63, 3.8) is 0 Å². The van der Waals surface area contributed by atoms with Gasteiger partial charge in [0.2, 0.25) is 0 Å². The summed E-state index contributed by atoms with van der Waals surface area (Å²) in [6.07, 6.45) is 4.06. The molecule has 0 spiro atoms. The Balaban J connectivity index is 2.05. The van der Waals surface area contributed by atoms with Gasteiger partial charge in [-0.3, -0.25) is 4.98 Å². The fourth-order valence-corrected chi connectivity index (χ4v) is 2.00. The summed E-state index contributed by atoms with van der Waals surface area (Å²) in [7, 11) is 0. The lowest BCUT2D eigenvalue weighted by atomic mass is 9.96. The van der Waals surface area contributed by atoms with E-state index in [9.17, 15) is 0 Å². The summed E-state index contributed by atoms with van der Waals surface area (Å²) in [6.45, 7) is 4.41. The van der Waals surface area contributed by atoms with Crippen LogP contribution in [-0.4, -0.2) is 4.98 Å². The van der Waals surface area contributed by atoms with Gasteiger partial charge in [-0.1, -0.05) is 50.2 Å². The second kappa shape index (κ2) is 5.62. The lowest BCUT2D eigenvalue weighted by Gasteiger charge is -2.11. The van der Waals surface area contributed by atoms with E-state index in [1.165, 1.54) is 16.8 Å². The Morgan fingerprint density at radius 2 is 1.82 bits per heavy atom. The maximum absolute atomic E-state index is 4.52. The van der Waals surface area contributed by atoms with Crippen molar-refractivity contribution in [2.75, 3.05) is 0 Å². The van der Waals surface area contributed by atoms with Gasteiger partial charge in [-0.25, -0.2) is 0 Å². The van der Waals surface area contributed by atoms with E-state index in [1.807, 2.05) is 6.20 Å².